The largest absolute Gasteiger partial charge is 0.360 e. The summed E-state index contributed by atoms with van der Waals surface area (Å²) in [5.74, 6) is 0. The molecule has 0 aliphatic heterocycles. The Morgan fingerprint density at radius 3 is 2.50 bits per heavy atom. The van der Waals surface area contributed by atoms with Crippen LogP contribution in [0.4, 0.5) is 0 Å². The van der Waals surface area contributed by atoms with Crippen molar-refractivity contribution in [2.24, 2.45) is 0 Å². The van der Waals surface area contributed by atoms with E-state index in [1.165, 1.54) is 0 Å². The van der Waals surface area contributed by atoms with Crippen LogP contribution in [0.2, 0.25) is 0 Å². The minimum atomic E-state index is -3.51. The van der Waals surface area contributed by atoms with Crippen LogP contribution in [0.3, 0.4) is 0 Å². The zero-order chi connectivity index (χ0) is 14.2. The lowest BCUT2D eigenvalue weighted by atomic mass is 10.1. The molecule has 3 nitrogen and oxygen atoms in total. The number of hydrogen-bond acceptors (Lipinski definition) is 2. The second-order valence-electron chi connectivity index (χ2n) is 4.48. The summed E-state index contributed by atoms with van der Waals surface area (Å²) in [5.41, 5.74) is 1.69. The van der Waals surface area contributed by atoms with Gasteiger partial charge in [0.15, 0.2) is 0 Å². The number of benzene rings is 2. The summed E-state index contributed by atoms with van der Waals surface area (Å²) in [6.45, 7) is 3.71. The van der Waals surface area contributed by atoms with Gasteiger partial charge in [0.2, 0.25) is 9.84 Å². The third-order valence-corrected chi connectivity index (χ3v) is 5.06. The van der Waals surface area contributed by atoms with Crippen LogP contribution in [0, 0.1) is 0 Å². The number of aromatic nitrogens is 1. The highest BCUT2D eigenvalue weighted by molar-refractivity contribution is 7.91. The molecule has 0 aliphatic rings. The molecule has 0 aliphatic carbocycles. The first-order valence-corrected chi connectivity index (χ1v) is 7.65. The van der Waals surface area contributed by atoms with Crippen molar-refractivity contribution in [1.29, 1.82) is 0 Å². The van der Waals surface area contributed by atoms with Crippen LogP contribution < -0.4 is 0 Å². The molecule has 1 aromatic heterocycles. The highest BCUT2D eigenvalue weighted by Gasteiger charge is 2.21. The Balaban J connectivity index is 2.27. The molecule has 0 amide bonds. The third kappa shape index (κ3) is 1.94. The Kier molecular flexibility index (Phi) is 2.95. The van der Waals surface area contributed by atoms with E-state index in [0.29, 0.717) is 15.2 Å². The summed E-state index contributed by atoms with van der Waals surface area (Å²) in [5, 5.41) is 0.686. The van der Waals surface area contributed by atoms with Gasteiger partial charge < -0.3 is 4.98 Å². The van der Waals surface area contributed by atoms with E-state index in [0.717, 1.165) is 11.1 Å². The maximum Gasteiger partial charge on any atom is 0.208 e. The maximum absolute atomic E-state index is 12.7. The van der Waals surface area contributed by atoms with Gasteiger partial charge in [0, 0.05) is 17.1 Å². The van der Waals surface area contributed by atoms with E-state index in [9.17, 15) is 8.42 Å². The smallest absolute Gasteiger partial charge is 0.208 e. The van der Waals surface area contributed by atoms with Crippen LogP contribution in [0.5, 0.6) is 0 Å². The minimum Gasteiger partial charge on any atom is -0.360 e. The van der Waals surface area contributed by atoms with Gasteiger partial charge in [0.1, 0.15) is 0 Å². The molecule has 0 radical (unpaired) electrons. The molecule has 20 heavy (non-hydrogen) atoms. The van der Waals surface area contributed by atoms with Gasteiger partial charge in [-0.25, -0.2) is 8.42 Å². The SMILES string of the molecule is C=Cc1ccc2[nH]cc(S(=O)(=O)c3ccccc3)c2c1. The Morgan fingerprint density at radius 1 is 1.05 bits per heavy atom. The molecule has 0 spiro atoms. The highest BCUT2D eigenvalue weighted by Crippen LogP contribution is 2.29. The van der Waals surface area contributed by atoms with E-state index in [1.807, 2.05) is 18.2 Å². The van der Waals surface area contributed by atoms with Crippen molar-refractivity contribution >= 4 is 26.8 Å². The zero-order valence-corrected chi connectivity index (χ0v) is 11.5. The molecule has 0 saturated heterocycles. The van der Waals surface area contributed by atoms with Gasteiger partial charge in [0.05, 0.1) is 9.79 Å². The van der Waals surface area contributed by atoms with Crippen LogP contribution in [0.15, 0.2) is 71.1 Å². The fourth-order valence-corrected chi connectivity index (χ4v) is 3.63. The second kappa shape index (κ2) is 4.65. The number of rotatable bonds is 3. The Labute approximate surface area is 117 Å². The number of nitrogens with one attached hydrogen (secondary N) is 1. The van der Waals surface area contributed by atoms with Gasteiger partial charge >= 0.3 is 0 Å². The van der Waals surface area contributed by atoms with E-state index >= 15 is 0 Å². The van der Waals surface area contributed by atoms with Crippen LogP contribution >= 0.6 is 0 Å². The van der Waals surface area contributed by atoms with E-state index in [1.54, 1.807) is 42.6 Å². The number of fused-ring (bicyclic) bond motifs is 1. The van der Waals surface area contributed by atoms with Gasteiger partial charge in [-0.1, -0.05) is 36.9 Å². The quantitative estimate of drug-likeness (QED) is 0.797. The zero-order valence-electron chi connectivity index (χ0n) is 10.7. The van der Waals surface area contributed by atoms with Crippen LogP contribution in [0.1, 0.15) is 5.56 Å². The summed E-state index contributed by atoms with van der Waals surface area (Å²) < 4.78 is 25.3. The summed E-state index contributed by atoms with van der Waals surface area (Å²) in [6, 6.07) is 14.0. The average molecular weight is 283 g/mol. The predicted molar refractivity (Wildman–Crippen MR) is 80.3 cm³/mol. The van der Waals surface area contributed by atoms with Gasteiger partial charge in [-0.2, -0.15) is 0 Å². The first-order valence-electron chi connectivity index (χ1n) is 6.16. The molecule has 0 fully saturated rings. The molecule has 3 aromatic rings. The lowest BCUT2D eigenvalue weighted by Crippen LogP contribution is -2.00. The molecule has 1 N–H and O–H groups in total. The van der Waals surface area contributed by atoms with E-state index in [2.05, 4.69) is 11.6 Å². The Morgan fingerprint density at radius 2 is 1.80 bits per heavy atom. The van der Waals surface area contributed by atoms with Crippen molar-refractivity contribution in [2.45, 2.75) is 9.79 Å². The fraction of sp³-hybridized carbons (Fsp3) is 0. The second-order valence-corrected chi connectivity index (χ2v) is 6.40. The van der Waals surface area contributed by atoms with Crippen LogP contribution in [0.25, 0.3) is 17.0 Å². The van der Waals surface area contributed by atoms with E-state index < -0.39 is 9.84 Å². The predicted octanol–water partition coefficient (Wildman–Crippen LogP) is 3.64. The average Bonchev–Trinajstić information content (AvgIpc) is 2.91. The van der Waals surface area contributed by atoms with E-state index in [-0.39, 0.29) is 0 Å². The number of aromatic amines is 1. The number of hydrogen-bond donors (Lipinski definition) is 1. The molecule has 4 heteroatoms. The summed E-state index contributed by atoms with van der Waals surface area (Å²) in [4.78, 5) is 3.59. The lowest BCUT2D eigenvalue weighted by molar-refractivity contribution is 0.597. The molecule has 0 atom stereocenters. The molecule has 2 aromatic carbocycles. The van der Waals surface area contributed by atoms with E-state index in [4.69, 9.17) is 0 Å². The van der Waals surface area contributed by atoms with Crippen molar-refractivity contribution in [2.75, 3.05) is 0 Å². The molecular weight excluding hydrogens is 270 g/mol. The van der Waals surface area contributed by atoms with Gasteiger partial charge in [0.25, 0.3) is 0 Å². The molecule has 100 valence electrons. The monoisotopic (exact) mass is 283 g/mol. The van der Waals surface area contributed by atoms with Crippen LogP contribution in [-0.4, -0.2) is 13.4 Å². The van der Waals surface area contributed by atoms with Crippen molar-refractivity contribution in [3.63, 3.8) is 0 Å². The molecule has 0 saturated carbocycles. The standard InChI is InChI=1S/C16H13NO2S/c1-2-12-8-9-15-14(10-12)16(11-17-15)20(18,19)13-6-4-3-5-7-13/h2-11,17H,1H2. The summed E-state index contributed by atoms with van der Waals surface area (Å²) >= 11 is 0. The Hall–Kier alpha value is -2.33. The van der Waals surface area contributed by atoms with Crippen molar-refractivity contribution in [3.05, 3.63) is 66.9 Å². The highest BCUT2D eigenvalue weighted by atomic mass is 32.2. The third-order valence-electron chi connectivity index (χ3n) is 3.25. The molecule has 0 unspecified atom stereocenters. The first kappa shape index (κ1) is 12.7. The molecule has 3 rings (SSSR count). The number of H-pyrrole nitrogens is 1. The Bertz CT molecular complexity index is 877. The summed E-state index contributed by atoms with van der Waals surface area (Å²) in [7, 11) is -3.51. The topological polar surface area (TPSA) is 49.9 Å². The minimum absolute atomic E-state index is 0.294. The van der Waals surface area contributed by atoms with Crippen molar-refractivity contribution in [1.82, 2.24) is 4.98 Å². The normalized spacial score (nSPS) is 11.6. The molecular formula is C16H13NO2S. The maximum atomic E-state index is 12.7. The van der Waals surface area contributed by atoms with Crippen LogP contribution in [-0.2, 0) is 9.84 Å². The lowest BCUT2D eigenvalue weighted by Gasteiger charge is -2.03. The molecule has 0 bridgehead atoms. The van der Waals surface area contributed by atoms with Gasteiger partial charge in [-0.05, 0) is 29.8 Å². The van der Waals surface area contributed by atoms with Crippen molar-refractivity contribution < 1.29 is 8.42 Å². The first-order chi connectivity index (χ1) is 9.63. The fourth-order valence-electron chi connectivity index (χ4n) is 2.19. The van der Waals surface area contributed by atoms with Crippen molar-refractivity contribution in [3.8, 4) is 0 Å². The van der Waals surface area contributed by atoms with Gasteiger partial charge in [-0.15, -0.1) is 0 Å². The number of sulfone groups is 1. The molecule has 1 heterocycles. The summed E-state index contributed by atoms with van der Waals surface area (Å²) in [6.07, 6.45) is 3.24. The van der Waals surface area contributed by atoms with Gasteiger partial charge in [-0.3, -0.25) is 0 Å².